The molecule has 0 aromatic carbocycles. The number of nitriles is 1. The van der Waals surface area contributed by atoms with Crippen LogP contribution in [0.15, 0.2) is 52.9 Å². The van der Waals surface area contributed by atoms with Gasteiger partial charge < -0.3 is 14.3 Å². The molecule has 44 heavy (non-hydrogen) atoms. The molecule has 0 radical (unpaired) electrons. The third-order valence-corrected chi connectivity index (χ3v) is 12.0. The molecular weight excluding hydrogens is 583 g/mol. The molecule has 1 N–H and O–H groups in total. The highest BCUT2D eigenvalue weighted by Gasteiger charge is 2.70. The van der Waals surface area contributed by atoms with E-state index in [4.69, 9.17) is 9.15 Å². The first-order valence-corrected chi connectivity index (χ1v) is 16.0. The quantitative estimate of drug-likeness (QED) is 0.290. The van der Waals surface area contributed by atoms with E-state index in [2.05, 4.69) is 23.1 Å². The maximum atomic E-state index is 13.9. The number of nitrogens with zero attached hydrogens (tertiary/aromatic N) is 4. The minimum Gasteiger partial charge on any atom is -0.457 e. The number of halogens is 1. The van der Waals surface area contributed by atoms with Crippen LogP contribution >= 0.6 is 11.8 Å². The van der Waals surface area contributed by atoms with Gasteiger partial charge in [-0.15, -0.1) is 0 Å². The first-order chi connectivity index (χ1) is 21.1. The summed E-state index contributed by atoms with van der Waals surface area (Å²) in [6, 6.07) is 8.09. The smallest absolute Gasteiger partial charge is 0.375 e. The topological polar surface area (TPSA) is 131 Å². The van der Waals surface area contributed by atoms with E-state index >= 15 is 0 Å². The number of ether oxygens (including phenoxy) is 1. The molecule has 228 valence electrons. The summed E-state index contributed by atoms with van der Waals surface area (Å²) >= 11 is 0.874. The summed E-state index contributed by atoms with van der Waals surface area (Å²) in [4.78, 5) is 31.0. The molecule has 7 atom stereocenters. The fourth-order valence-electron chi connectivity index (χ4n) is 9.23. The van der Waals surface area contributed by atoms with Crippen molar-refractivity contribution >= 4 is 28.9 Å². The Morgan fingerprint density at radius 1 is 1.27 bits per heavy atom. The maximum Gasteiger partial charge on any atom is 0.375 e. The van der Waals surface area contributed by atoms with Crippen LogP contribution in [0.2, 0.25) is 0 Å². The van der Waals surface area contributed by atoms with Crippen LogP contribution < -0.4 is 0 Å². The Morgan fingerprint density at radius 3 is 2.84 bits per heavy atom. The van der Waals surface area contributed by atoms with Gasteiger partial charge in [0.05, 0.1) is 48.0 Å². The van der Waals surface area contributed by atoms with Gasteiger partial charge >= 0.3 is 5.97 Å². The molecule has 3 fully saturated rings. The highest BCUT2D eigenvalue weighted by Crippen LogP contribution is 2.69. The van der Waals surface area contributed by atoms with Crippen molar-refractivity contribution in [3.8, 4) is 11.8 Å². The number of thioether (sulfide) groups is 1. The van der Waals surface area contributed by atoms with E-state index in [0.717, 1.165) is 35.9 Å². The van der Waals surface area contributed by atoms with Crippen molar-refractivity contribution in [2.45, 2.75) is 64.1 Å². The number of furan rings is 1. The Labute approximate surface area is 258 Å². The third-order valence-electron chi connectivity index (χ3n) is 11.1. The normalized spacial score (nSPS) is 33.7. The van der Waals surface area contributed by atoms with E-state index in [-0.39, 0.29) is 39.8 Å². The van der Waals surface area contributed by atoms with Crippen molar-refractivity contribution in [1.29, 1.82) is 5.26 Å². The van der Waals surface area contributed by atoms with Crippen LogP contribution in [0.1, 0.15) is 67.8 Å². The average molecular weight is 617 g/mol. The van der Waals surface area contributed by atoms with Crippen LogP contribution in [-0.4, -0.2) is 48.4 Å². The predicted molar refractivity (Wildman–Crippen MR) is 159 cm³/mol. The van der Waals surface area contributed by atoms with Gasteiger partial charge in [0.25, 0.3) is 0 Å². The number of aromatic nitrogens is 3. The van der Waals surface area contributed by atoms with E-state index in [0.29, 0.717) is 31.4 Å². The number of esters is 1. The number of pyridine rings is 1. The molecule has 11 heteroatoms. The lowest BCUT2D eigenvalue weighted by atomic mass is 9.45. The molecule has 3 aromatic heterocycles. The van der Waals surface area contributed by atoms with Crippen molar-refractivity contribution in [2.24, 2.45) is 28.6 Å². The number of aliphatic hydroxyl groups is 1. The Bertz CT molecular complexity index is 1700. The number of aliphatic hydroxyl groups excluding tert-OH is 1. The van der Waals surface area contributed by atoms with Gasteiger partial charge in [0.1, 0.15) is 0 Å². The standard InChI is InChI=1S/C33H33FN4O5S/c1-31-15-19-17-37-38(21-6-8-27(34)36-18-21)24(19)14-20(31)5-7-22-23-9-10-33(30(41)44-13-11-35,32(23,2)16-25(39)28(22)31)43-29(40)26-4-3-12-42-26/h3-4,6,8,12,14,17-18,22-23,25,28,39H,5,7,9-10,13,15-16H2,1-2H3/t22?,23-,25?,28?,31-,32?,33-/m0/s1. The lowest BCUT2D eigenvalue weighted by Gasteiger charge is -2.60. The number of hydrogen-bond acceptors (Lipinski definition) is 9. The molecular formula is C33H33FN4O5S. The van der Waals surface area contributed by atoms with Gasteiger partial charge in [-0.05, 0) is 97.6 Å². The van der Waals surface area contributed by atoms with Crippen molar-refractivity contribution in [2.75, 3.05) is 5.75 Å². The van der Waals surface area contributed by atoms with Gasteiger partial charge in [-0.25, -0.2) is 14.5 Å². The fraction of sp³-hybridized carbons (Fsp3) is 0.485. The number of carbonyl (C=O) groups excluding carboxylic acids is 2. The predicted octanol–water partition coefficient (Wildman–Crippen LogP) is 5.53. The minimum atomic E-state index is -1.49. The van der Waals surface area contributed by atoms with Crippen LogP contribution in [0.4, 0.5) is 4.39 Å². The molecule has 4 aliphatic carbocycles. The van der Waals surface area contributed by atoms with E-state index in [1.807, 2.05) is 19.2 Å². The van der Waals surface area contributed by atoms with Crippen LogP contribution in [0.25, 0.3) is 11.8 Å². The van der Waals surface area contributed by atoms with Crippen molar-refractivity contribution in [1.82, 2.24) is 14.8 Å². The van der Waals surface area contributed by atoms with Crippen molar-refractivity contribution < 1.29 is 28.2 Å². The van der Waals surface area contributed by atoms with Gasteiger partial charge in [0, 0.05) is 5.41 Å². The maximum absolute atomic E-state index is 13.9. The van der Waals surface area contributed by atoms with Gasteiger partial charge in [-0.3, -0.25) is 4.79 Å². The van der Waals surface area contributed by atoms with Crippen LogP contribution in [0.3, 0.4) is 0 Å². The Kier molecular flexibility index (Phi) is 6.86. The number of hydrogen-bond donors (Lipinski definition) is 1. The summed E-state index contributed by atoms with van der Waals surface area (Å²) in [6.45, 7) is 4.21. The first-order valence-electron chi connectivity index (χ1n) is 15.0. The zero-order chi connectivity index (χ0) is 30.9. The van der Waals surface area contributed by atoms with Gasteiger partial charge in [-0.2, -0.15) is 14.8 Å². The van der Waals surface area contributed by atoms with Gasteiger partial charge in [0.2, 0.25) is 16.8 Å². The van der Waals surface area contributed by atoms with Crippen LogP contribution in [-0.2, 0) is 16.0 Å². The van der Waals surface area contributed by atoms with Gasteiger partial charge in [0.15, 0.2) is 5.60 Å². The Balaban J connectivity index is 1.23. The highest BCUT2D eigenvalue weighted by molar-refractivity contribution is 8.14. The number of rotatable bonds is 5. The summed E-state index contributed by atoms with van der Waals surface area (Å²) in [5.41, 5.74) is 1.28. The molecule has 3 aromatic rings. The van der Waals surface area contributed by atoms with Crippen LogP contribution in [0, 0.1) is 45.9 Å². The van der Waals surface area contributed by atoms with E-state index in [1.54, 1.807) is 16.8 Å². The molecule has 7 rings (SSSR count). The zero-order valence-corrected chi connectivity index (χ0v) is 25.3. The molecule has 0 spiro atoms. The van der Waals surface area contributed by atoms with Crippen molar-refractivity contribution in [3.63, 3.8) is 0 Å². The first kappa shape index (κ1) is 29.0. The molecule has 0 bridgehead atoms. The molecule has 4 unspecified atom stereocenters. The van der Waals surface area contributed by atoms with E-state index in [9.17, 15) is 24.3 Å². The molecule has 0 amide bonds. The van der Waals surface area contributed by atoms with E-state index < -0.39 is 29.0 Å². The molecule has 3 heterocycles. The third kappa shape index (κ3) is 4.14. The lowest BCUT2D eigenvalue weighted by Crippen LogP contribution is -2.62. The second kappa shape index (κ2) is 10.4. The minimum absolute atomic E-state index is 0.0127. The summed E-state index contributed by atoms with van der Waals surface area (Å²) in [6.07, 6.45) is 9.76. The Morgan fingerprint density at radius 2 is 2.11 bits per heavy atom. The summed E-state index contributed by atoms with van der Waals surface area (Å²) in [7, 11) is 0. The van der Waals surface area contributed by atoms with Gasteiger partial charge in [-0.1, -0.05) is 31.2 Å². The second-order valence-corrected chi connectivity index (χ2v) is 14.0. The summed E-state index contributed by atoms with van der Waals surface area (Å²) < 4.78 is 26.7. The fourth-order valence-corrected chi connectivity index (χ4v) is 10.0. The molecule has 0 saturated heterocycles. The molecule has 0 aliphatic heterocycles. The number of carbonyl (C=O) groups is 2. The monoisotopic (exact) mass is 616 g/mol. The highest BCUT2D eigenvalue weighted by atomic mass is 32.2. The zero-order valence-electron chi connectivity index (χ0n) is 24.5. The lowest BCUT2D eigenvalue weighted by molar-refractivity contribution is -0.175. The largest absolute Gasteiger partial charge is 0.457 e. The number of allylic oxidation sites excluding steroid dienone is 1. The second-order valence-electron chi connectivity index (χ2n) is 13.1. The molecule has 4 aliphatic rings. The SMILES string of the molecule is CC12CC(O)C3C(CCC4=Cc5c(cnn5-c5ccc(F)nc5)C[C@@]43C)[C@@H]1CC[C@]2(OC(=O)c1ccco1)C(=O)SCC#N. The molecule has 9 nitrogen and oxygen atoms in total. The number of fused-ring (bicyclic) bond motifs is 6. The summed E-state index contributed by atoms with van der Waals surface area (Å²) in [5, 5.41) is 25.6. The van der Waals surface area contributed by atoms with Crippen LogP contribution in [0.5, 0.6) is 0 Å². The van der Waals surface area contributed by atoms with Crippen molar-refractivity contribution in [3.05, 3.63) is 71.5 Å². The average Bonchev–Trinajstić information content (AvgIpc) is 3.73. The molecule has 3 saturated carbocycles. The van der Waals surface area contributed by atoms with E-state index in [1.165, 1.54) is 30.2 Å². The summed E-state index contributed by atoms with van der Waals surface area (Å²) in [5.74, 6) is -1.24. The Hall–Kier alpha value is -3.75.